The summed E-state index contributed by atoms with van der Waals surface area (Å²) in [5.41, 5.74) is 1.87. The highest BCUT2D eigenvalue weighted by Crippen LogP contribution is 2.34. The van der Waals surface area contributed by atoms with E-state index < -0.39 is 0 Å². The summed E-state index contributed by atoms with van der Waals surface area (Å²) in [6.07, 6.45) is 2.83. The molecule has 4 rings (SSSR count). The monoisotopic (exact) mass is 397 g/mol. The Bertz CT molecular complexity index is 837. The number of halogens is 1. The number of nitrogens with zero attached hydrogens (tertiary/aromatic N) is 1. The van der Waals surface area contributed by atoms with Gasteiger partial charge in [0.25, 0.3) is 0 Å². The maximum Gasteiger partial charge on any atom is 0.319 e. The van der Waals surface area contributed by atoms with Crippen molar-refractivity contribution in [3.63, 3.8) is 0 Å². The van der Waals surface area contributed by atoms with Gasteiger partial charge in [0.2, 0.25) is 5.91 Å². The number of amides is 3. The third-order valence-electron chi connectivity index (χ3n) is 5.50. The van der Waals surface area contributed by atoms with Crippen molar-refractivity contribution in [2.75, 3.05) is 18.4 Å². The van der Waals surface area contributed by atoms with Gasteiger partial charge in [0.15, 0.2) is 0 Å². The number of piperidine rings is 1. The maximum atomic E-state index is 12.6. The van der Waals surface area contributed by atoms with Crippen LogP contribution < -0.4 is 10.6 Å². The Kier molecular flexibility index (Phi) is 5.53. The number of likely N-dealkylation sites (tertiary alicyclic amines) is 1. The fourth-order valence-electron chi connectivity index (χ4n) is 3.85. The normalized spacial score (nSPS) is 21.8. The Morgan fingerprint density at radius 1 is 0.964 bits per heavy atom. The van der Waals surface area contributed by atoms with Gasteiger partial charge in [0.05, 0.1) is 6.04 Å². The largest absolute Gasteiger partial charge is 0.340 e. The molecule has 2 aliphatic rings. The minimum absolute atomic E-state index is 0.133. The molecule has 2 N–H and O–H groups in total. The number of nitrogens with one attached hydrogen (secondary N) is 2. The molecule has 2 fully saturated rings. The second kappa shape index (κ2) is 8.23. The van der Waals surface area contributed by atoms with Crippen molar-refractivity contribution in [2.24, 2.45) is 5.92 Å². The van der Waals surface area contributed by atoms with Crippen LogP contribution in [-0.4, -0.2) is 36.0 Å². The standard InChI is InChI=1S/C22H24ClN3O2/c23-17-8-10-18(11-9-17)24-22(28)25-20-14-26(21(27)16-6-7-16)13-12-19(20)15-4-2-1-3-5-15/h1-5,8-11,16,19-20H,6-7,12-14H2,(H2,24,25,28). The summed E-state index contributed by atoms with van der Waals surface area (Å²) in [5.74, 6) is 0.605. The smallest absolute Gasteiger partial charge is 0.319 e. The number of benzene rings is 2. The Hall–Kier alpha value is -2.53. The van der Waals surface area contributed by atoms with Gasteiger partial charge in [-0.15, -0.1) is 0 Å². The topological polar surface area (TPSA) is 61.4 Å². The van der Waals surface area contributed by atoms with E-state index in [0.717, 1.165) is 25.8 Å². The van der Waals surface area contributed by atoms with Gasteiger partial charge in [-0.3, -0.25) is 4.79 Å². The van der Waals surface area contributed by atoms with Crippen LogP contribution in [0.2, 0.25) is 5.02 Å². The molecular formula is C22H24ClN3O2. The van der Waals surface area contributed by atoms with E-state index in [1.807, 2.05) is 23.1 Å². The number of rotatable bonds is 4. The lowest BCUT2D eigenvalue weighted by Crippen LogP contribution is -2.54. The van der Waals surface area contributed by atoms with Crippen molar-refractivity contribution in [2.45, 2.75) is 31.2 Å². The molecule has 1 saturated heterocycles. The van der Waals surface area contributed by atoms with Crippen LogP contribution in [0.4, 0.5) is 10.5 Å². The van der Waals surface area contributed by atoms with Crippen molar-refractivity contribution >= 4 is 29.2 Å². The predicted octanol–water partition coefficient (Wildman–Crippen LogP) is 4.26. The highest BCUT2D eigenvalue weighted by atomic mass is 35.5. The number of hydrogen-bond donors (Lipinski definition) is 2. The average Bonchev–Trinajstić information content (AvgIpc) is 3.55. The first kappa shape index (κ1) is 18.8. The van der Waals surface area contributed by atoms with Crippen LogP contribution >= 0.6 is 11.6 Å². The van der Waals surface area contributed by atoms with Crippen LogP contribution in [0.1, 0.15) is 30.7 Å². The maximum absolute atomic E-state index is 12.6. The van der Waals surface area contributed by atoms with Gasteiger partial charge in [0, 0.05) is 35.6 Å². The van der Waals surface area contributed by atoms with Crippen molar-refractivity contribution < 1.29 is 9.59 Å². The number of urea groups is 1. The van der Waals surface area contributed by atoms with Gasteiger partial charge in [-0.25, -0.2) is 4.79 Å². The SMILES string of the molecule is O=C(Nc1ccc(Cl)cc1)NC1CN(C(=O)C2CC2)CCC1c1ccccc1. The van der Waals surface area contributed by atoms with Gasteiger partial charge in [-0.05, 0) is 49.1 Å². The molecule has 2 atom stereocenters. The molecule has 2 aromatic carbocycles. The average molecular weight is 398 g/mol. The van der Waals surface area contributed by atoms with E-state index in [1.165, 1.54) is 5.56 Å². The quantitative estimate of drug-likeness (QED) is 0.809. The van der Waals surface area contributed by atoms with Crippen molar-refractivity contribution in [3.8, 4) is 0 Å². The second-order valence-electron chi connectivity index (χ2n) is 7.58. The zero-order chi connectivity index (χ0) is 19.5. The Morgan fingerprint density at radius 3 is 2.36 bits per heavy atom. The van der Waals surface area contributed by atoms with Crippen molar-refractivity contribution in [3.05, 3.63) is 65.2 Å². The fraction of sp³-hybridized carbons (Fsp3) is 0.364. The second-order valence-corrected chi connectivity index (χ2v) is 8.01. The van der Waals surface area contributed by atoms with Crippen LogP contribution in [0.15, 0.2) is 54.6 Å². The highest BCUT2D eigenvalue weighted by molar-refractivity contribution is 6.30. The molecule has 0 radical (unpaired) electrons. The van der Waals surface area contributed by atoms with E-state index in [0.29, 0.717) is 17.3 Å². The van der Waals surface area contributed by atoms with E-state index >= 15 is 0 Å². The number of hydrogen-bond acceptors (Lipinski definition) is 2. The molecule has 28 heavy (non-hydrogen) atoms. The lowest BCUT2D eigenvalue weighted by atomic mass is 9.85. The molecule has 1 aliphatic carbocycles. The molecule has 5 nitrogen and oxygen atoms in total. The zero-order valence-corrected chi connectivity index (χ0v) is 16.4. The molecule has 0 aromatic heterocycles. The minimum atomic E-state index is -0.269. The van der Waals surface area contributed by atoms with Crippen LogP contribution in [0.25, 0.3) is 0 Å². The molecule has 3 amide bonds. The molecule has 1 heterocycles. The summed E-state index contributed by atoms with van der Waals surface area (Å²) >= 11 is 5.90. The summed E-state index contributed by atoms with van der Waals surface area (Å²) in [4.78, 5) is 27.1. The van der Waals surface area contributed by atoms with Crippen LogP contribution in [0, 0.1) is 5.92 Å². The summed E-state index contributed by atoms with van der Waals surface area (Å²) in [5, 5.41) is 6.58. The van der Waals surface area contributed by atoms with Gasteiger partial charge >= 0.3 is 6.03 Å². The third kappa shape index (κ3) is 4.47. The molecule has 6 heteroatoms. The van der Waals surface area contributed by atoms with E-state index in [9.17, 15) is 9.59 Å². The molecule has 146 valence electrons. The first-order valence-electron chi connectivity index (χ1n) is 9.77. The first-order chi connectivity index (χ1) is 13.6. The fourth-order valence-corrected chi connectivity index (χ4v) is 3.98. The Balaban J connectivity index is 1.47. The van der Waals surface area contributed by atoms with Gasteiger partial charge < -0.3 is 15.5 Å². The van der Waals surface area contributed by atoms with Crippen LogP contribution in [-0.2, 0) is 4.79 Å². The van der Waals surface area contributed by atoms with Gasteiger partial charge in [-0.1, -0.05) is 41.9 Å². The number of anilines is 1. The lowest BCUT2D eigenvalue weighted by Gasteiger charge is -2.39. The summed E-state index contributed by atoms with van der Waals surface area (Å²) in [6, 6.07) is 16.8. The number of carbonyl (C=O) groups is 2. The third-order valence-corrected chi connectivity index (χ3v) is 5.75. The van der Waals surface area contributed by atoms with Gasteiger partial charge in [-0.2, -0.15) is 0 Å². The summed E-state index contributed by atoms with van der Waals surface area (Å²) in [7, 11) is 0. The predicted molar refractivity (Wildman–Crippen MR) is 110 cm³/mol. The number of carbonyl (C=O) groups excluding carboxylic acids is 2. The lowest BCUT2D eigenvalue weighted by molar-refractivity contribution is -0.134. The van der Waals surface area contributed by atoms with E-state index in [2.05, 4.69) is 22.8 Å². The molecular weight excluding hydrogens is 374 g/mol. The van der Waals surface area contributed by atoms with E-state index in [1.54, 1.807) is 24.3 Å². The summed E-state index contributed by atoms with van der Waals surface area (Å²) < 4.78 is 0. The van der Waals surface area contributed by atoms with Gasteiger partial charge in [0.1, 0.15) is 0 Å². The molecule has 2 unspecified atom stereocenters. The molecule has 1 aliphatic heterocycles. The first-order valence-corrected chi connectivity index (χ1v) is 10.1. The summed E-state index contributed by atoms with van der Waals surface area (Å²) in [6.45, 7) is 1.29. The molecule has 0 bridgehead atoms. The molecule has 1 saturated carbocycles. The molecule has 0 spiro atoms. The molecule has 2 aromatic rings. The zero-order valence-electron chi connectivity index (χ0n) is 15.6. The Labute approximate surface area is 170 Å². The van der Waals surface area contributed by atoms with Crippen molar-refractivity contribution in [1.29, 1.82) is 0 Å². The minimum Gasteiger partial charge on any atom is -0.340 e. The van der Waals surface area contributed by atoms with Crippen LogP contribution in [0.5, 0.6) is 0 Å². The van der Waals surface area contributed by atoms with E-state index in [-0.39, 0.29) is 29.8 Å². The van der Waals surface area contributed by atoms with E-state index in [4.69, 9.17) is 11.6 Å². The highest BCUT2D eigenvalue weighted by Gasteiger charge is 2.38. The Morgan fingerprint density at radius 2 is 1.68 bits per heavy atom. The van der Waals surface area contributed by atoms with Crippen LogP contribution in [0.3, 0.4) is 0 Å². The van der Waals surface area contributed by atoms with Crippen molar-refractivity contribution in [1.82, 2.24) is 10.2 Å².